The number of carbonyl (C=O) groups is 1. The topological polar surface area (TPSA) is 98.5 Å². The summed E-state index contributed by atoms with van der Waals surface area (Å²) in [4.78, 5) is 11.1. The average molecular weight is 337 g/mol. The van der Waals surface area contributed by atoms with Crippen molar-refractivity contribution in [1.82, 2.24) is 4.72 Å². The minimum absolute atomic E-state index is 0.0215. The zero-order valence-corrected chi connectivity index (χ0v) is 12.0. The van der Waals surface area contributed by atoms with Gasteiger partial charge in [0.25, 0.3) is 0 Å². The highest BCUT2D eigenvalue weighted by Crippen LogP contribution is 2.23. The Balaban J connectivity index is 2.87. The standard InChI is InChI=1S/C10H13BrN2O4S/c1-2-17-10(14)6-13-18(15,16)9-5-7(12)3-4-8(9)11/h3-5,13H,2,6,12H2,1H3. The average Bonchev–Trinajstić information content (AvgIpc) is 2.30. The molecule has 0 heterocycles. The Morgan fingerprint density at radius 1 is 1.50 bits per heavy atom. The first-order valence-electron chi connectivity index (χ1n) is 5.07. The van der Waals surface area contributed by atoms with Crippen LogP contribution in [-0.4, -0.2) is 27.5 Å². The van der Waals surface area contributed by atoms with E-state index in [0.717, 1.165) is 0 Å². The van der Waals surface area contributed by atoms with Crippen molar-refractivity contribution >= 4 is 37.6 Å². The fraction of sp³-hybridized carbons (Fsp3) is 0.300. The minimum atomic E-state index is -3.80. The van der Waals surface area contributed by atoms with Gasteiger partial charge >= 0.3 is 5.97 Å². The normalized spacial score (nSPS) is 11.2. The van der Waals surface area contributed by atoms with Gasteiger partial charge in [0.05, 0.1) is 11.5 Å². The molecule has 0 bridgehead atoms. The molecule has 6 nitrogen and oxygen atoms in total. The molecule has 0 unspecified atom stereocenters. The van der Waals surface area contributed by atoms with Crippen molar-refractivity contribution in [3.05, 3.63) is 22.7 Å². The number of nitrogens with one attached hydrogen (secondary N) is 1. The molecule has 3 N–H and O–H groups in total. The summed E-state index contributed by atoms with van der Waals surface area (Å²) >= 11 is 3.11. The van der Waals surface area contributed by atoms with Gasteiger partial charge in [-0.1, -0.05) is 0 Å². The lowest BCUT2D eigenvalue weighted by molar-refractivity contribution is -0.141. The number of halogens is 1. The Morgan fingerprint density at radius 2 is 2.17 bits per heavy atom. The molecule has 0 aliphatic carbocycles. The number of anilines is 1. The van der Waals surface area contributed by atoms with E-state index >= 15 is 0 Å². The number of nitrogen functional groups attached to an aromatic ring is 1. The van der Waals surface area contributed by atoms with E-state index in [1.54, 1.807) is 13.0 Å². The highest BCUT2D eigenvalue weighted by Gasteiger charge is 2.19. The molecule has 18 heavy (non-hydrogen) atoms. The van der Waals surface area contributed by atoms with Crippen LogP contribution in [0.15, 0.2) is 27.6 Å². The number of carbonyl (C=O) groups excluding carboxylic acids is 1. The molecule has 8 heteroatoms. The molecule has 0 saturated carbocycles. The predicted molar refractivity (Wildman–Crippen MR) is 70.4 cm³/mol. The van der Waals surface area contributed by atoms with Crippen molar-refractivity contribution in [3.8, 4) is 0 Å². The molecule has 0 aromatic heterocycles. The molecule has 0 aliphatic heterocycles. The van der Waals surface area contributed by atoms with Crippen LogP contribution in [0.1, 0.15) is 6.92 Å². The molecule has 1 aromatic rings. The molecule has 0 aliphatic rings. The SMILES string of the molecule is CCOC(=O)CNS(=O)(=O)c1cc(N)ccc1Br. The monoisotopic (exact) mass is 336 g/mol. The predicted octanol–water partition coefficient (Wildman–Crippen LogP) is 0.873. The molecule has 0 saturated heterocycles. The third-order valence-corrected chi connectivity index (χ3v) is 4.35. The van der Waals surface area contributed by atoms with Gasteiger partial charge in [0.2, 0.25) is 10.0 Å². The van der Waals surface area contributed by atoms with E-state index in [2.05, 4.69) is 25.4 Å². The number of ether oxygens (including phenoxy) is 1. The first-order valence-corrected chi connectivity index (χ1v) is 7.34. The van der Waals surface area contributed by atoms with Crippen molar-refractivity contribution < 1.29 is 17.9 Å². The van der Waals surface area contributed by atoms with E-state index in [1.807, 2.05) is 0 Å². The maximum atomic E-state index is 11.9. The number of hydrogen-bond acceptors (Lipinski definition) is 5. The zero-order valence-electron chi connectivity index (χ0n) is 9.64. The lowest BCUT2D eigenvalue weighted by Gasteiger charge is -2.08. The number of nitrogens with two attached hydrogens (primary N) is 1. The summed E-state index contributed by atoms with van der Waals surface area (Å²) < 4.78 is 31.0. The summed E-state index contributed by atoms with van der Waals surface area (Å²) in [6.07, 6.45) is 0. The first kappa shape index (κ1) is 14.9. The van der Waals surface area contributed by atoms with Crippen LogP contribution in [0.2, 0.25) is 0 Å². The smallest absolute Gasteiger partial charge is 0.321 e. The number of hydrogen-bond donors (Lipinski definition) is 2. The van der Waals surface area contributed by atoms with Crippen LogP contribution < -0.4 is 10.5 Å². The summed E-state index contributed by atoms with van der Waals surface area (Å²) in [6, 6.07) is 4.39. The van der Waals surface area contributed by atoms with Gasteiger partial charge in [0.15, 0.2) is 0 Å². The Bertz CT molecular complexity index is 545. The fourth-order valence-corrected chi connectivity index (χ4v) is 3.13. The van der Waals surface area contributed by atoms with Gasteiger partial charge in [-0.25, -0.2) is 8.42 Å². The molecule has 1 rings (SSSR count). The summed E-state index contributed by atoms with van der Waals surface area (Å²) in [6.45, 7) is 1.42. The van der Waals surface area contributed by atoms with Crippen molar-refractivity contribution in [3.63, 3.8) is 0 Å². The molecule has 0 fully saturated rings. The summed E-state index contributed by atoms with van der Waals surface area (Å²) in [5.41, 5.74) is 5.84. The summed E-state index contributed by atoms with van der Waals surface area (Å²) in [5, 5.41) is 0. The highest BCUT2D eigenvalue weighted by atomic mass is 79.9. The summed E-state index contributed by atoms with van der Waals surface area (Å²) in [7, 11) is -3.80. The largest absolute Gasteiger partial charge is 0.465 e. The van der Waals surface area contributed by atoms with E-state index in [1.165, 1.54) is 12.1 Å². The maximum absolute atomic E-state index is 11.9. The van der Waals surface area contributed by atoms with Crippen LogP contribution in [0.3, 0.4) is 0 Å². The lowest BCUT2D eigenvalue weighted by Crippen LogP contribution is -2.31. The van der Waals surface area contributed by atoms with Gasteiger partial charge in [0, 0.05) is 10.2 Å². The summed E-state index contributed by atoms with van der Waals surface area (Å²) in [5.74, 6) is -0.638. The Morgan fingerprint density at radius 3 is 2.78 bits per heavy atom. The van der Waals surface area contributed by atoms with Crippen LogP contribution >= 0.6 is 15.9 Å². The molecule has 0 spiro atoms. The van der Waals surface area contributed by atoms with E-state index in [4.69, 9.17) is 5.73 Å². The van der Waals surface area contributed by atoms with Gasteiger partial charge in [-0.3, -0.25) is 4.79 Å². The van der Waals surface area contributed by atoms with Crippen LogP contribution in [0.4, 0.5) is 5.69 Å². The molecule has 100 valence electrons. The van der Waals surface area contributed by atoms with E-state index in [-0.39, 0.29) is 11.5 Å². The second-order valence-corrected chi connectivity index (χ2v) is 5.91. The molecule has 0 atom stereocenters. The van der Waals surface area contributed by atoms with Crippen LogP contribution in [0.25, 0.3) is 0 Å². The molecular weight excluding hydrogens is 324 g/mol. The van der Waals surface area contributed by atoms with Gasteiger partial charge in [-0.15, -0.1) is 0 Å². The van der Waals surface area contributed by atoms with Crippen LogP contribution in [0.5, 0.6) is 0 Å². The second-order valence-electron chi connectivity index (χ2n) is 3.32. The third kappa shape index (κ3) is 3.97. The van der Waals surface area contributed by atoms with Crippen molar-refractivity contribution in [1.29, 1.82) is 0 Å². The van der Waals surface area contributed by atoms with Gasteiger partial charge in [-0.2, -0.15) is 4.72 Å². The van der Waals surface area contributed by atoms with E-state index in [0.29, 0.717) is 10.2 Å². The van der Waals surface area contributed by atoms with Crippen molar-refractivity contribution in [2.24, 2.45) is 0 Å². The van der Waals surface area contributed by atoms with Crippen LogP contribution in [0, 0.1) is 0 Å². The van der Waals surface area contributed by atoms with Gasteiger partial charge < -0.3 is 10.5 Å². The molecule has 1 aromatic carbocycles. The van der Waals surface area contributed by atoms with Crippen molar-refractivity contribution in [2.45, 2.75) is 11.8 Å². The maximum Gasteiger partial charge on any atom is 0.321 e. The van der Waals surface area contributed by atoms with Crippen molar-refractivity contribution in [2.75, 3.05) is 18.9 Å². The van der Waals surface area contributed by atoms with E-state index in [9.17, 15) is 13.2 Å². The number of sulfonamides is 1. The lowest BCUT2D eigenvalue weighted by atomic mass is 10.3. The Labute approximate surface area is 114 Å². The number of benzene rings is 1. The van der Waals surface area contributed by atoms with E-state index < -0.39 is 22.5 Å². The number of esters is 1. The van der Waals surface area contributed by atoms with Crippen LogP contribution in [-0.2, 0) is 19.6 Å². The molecular formula is C10H13BrN2O4S. The molecule has 0 radical (unpaired) electrons. The third-order valence-electron chi connectivity index (χ3n) is 1.96. The van der Waals surface area contributed by atoms with Gasteiger partial charge in [0.1, 0.15) is 6.54 Å². The fourth-order valence-electron chi connectivity index (χ4n) is 1.17. The number of rotatable bonds is 5. The Hall–Kier alpha value is -1.12. The zero-order chi connectivity index (χ0) is 13.8. The first-order chi connectivity index (χ1) is 8.36. The minimum Gasteiger partial charge on any atom is -0.465 e. The Kier molecular flexibility index (Phi) is 5.12. The quantitative estimate of drug-likeness (QED) is 0.614. The highest BCUT2D eigenvalue weighted by molar-refractivity contribution is 9.10. The second kappa shape index (κ2) is 6.17. The molecule has 0 amide bonds. The van der Waals surface area contributed by atoms with Gasteiger partial charge in [-0.05, 0) is 41.1 Å².